The number of sulfonamides is 1. The maximum atomic E-state index is 12.8. The van der Waals surface area contributed by atoms with Crippen molar-refractivity contribution in [3.05, 3.63) is 48.4 Å². The van der Waals surface area contributed by atoms with Gasteiger partial charge < -0.3 is 14.9 Å². The predicted molar refractivity (Wildman–Crippen MR) is 94.4 cm³/mol. The van der Waals surface area contributed by atoms with Crippen LogP contribution in [-0.4, -0.2) is 49.5 Å². The van der Waals surface area contributed by atoms with Gasteiger partial charge in [0.25, 0.3) is 15.9 Å². The SMILES string of the molecule is Nc1cn(C(=O)c2ccc(S(=O)(=O)N3CCOCC3)o2)c2ccccc12. The Hall–Kier alpha value is -2.62. The van der Waals surface area contributed by atoms with Crippen molar-refractivity contribution in [3.8, 4) is 0 Å². The maximum Gasteiger partial charge on any atom is 0.298 e. The molecule has 0 bridgehead atoms. The molecule has 0 saturated carbocycles. The fourth-order valence-corrected chi connectivity index (χ4v) is 4.30. The van der Waals surface area contributed by atoms with E-state index < -0.39 is 15.9 Å². The first-order valence-corrected chi connectivity index (χ1v) is 9.50. The van der Waals surface area contributed by atoms with Gasteiger partial charge in [-0.1, -0.05) is 18.2 Å². The van der Waals surface area contributed by atoms with E-state index >= 15 is 0 Å². The van der Waals surface area contributed by atoms with Crippen LogP contribution >= 0.6 is 0 Å². The molecule has 0 amide bonds. The van der Waals surface area contributed by atoms with Crippen LogP contribution in [0.5, 0.6) is 0 Å². The van der Waals surface area contributed by atoms with Crippen LogP contribution in [0.25, 0.3) is 10.9 Å². The molecule has 3 heterocycles. The van der Waals surface area contributed by atoms with Crippen LogP contribution in [0.15, 0.2) is 52.1 Å². The third kappa shape index (κ3) is 2.70. The summed E-state index contributed by atoms with van der Waals surface area (Å²) in [5, 5.41) is 0.487. The fourth-order valence-electron chi connectivity index (χ4n) is 2.98. The molecule has 26 heavy (non-hydrogen) atoms. The molecule has 9 heteroatoms. The molecule has 8 nitrogen and oxygen atoms in total. The quantitative estimate of drug-likeness (QED) is 0.744. The van der Waals surface area contributed by atoms with E-state index in [9.17, 15) is 13.2 Å². The van der Waals surface area contributed by atoms with Crippen LogP contribution in [0.1, 0.15) is 10.6 Å². The van der Waals surface area contributed by atoms with Crippen molar-refractivity contribution < 1.29 is 22.4 Å². The average Bonchev–Trinajstić information content (AvgIpc) is 3.28. The predicted octanol–water partition coefficient (Wildman–Crippen LogP) is 1.53. The highest BCUT2D eigenvalue weighted by molar-refractivity contribution is 7.89. The van der Waals surface area contributed by atoms with E-state index in [4.69, 9.17) is 14.9 Å². The number of carbonyl (C=O) groups excluding carboxylic acids is 1. The molecule has 0 atom stereocenters. The number of morpholine rings is 1. The van der Waals surface area contributed by atoms with Crippen LogP contribution < -0.4 is 5.73 Å². The van der Waals surface area contributed by atoms with Gasteiger partial charge in [-0.05, 0) is 18.2 Å². The number of nitrogens with zero attached hydrogens (tertiary/aromatic N) is 2. The van der Waals surface area contributed by atoms with Crippen LogP contribution in [0.3, 0.4) is 0 Å². The lowest BCUT2D eigenvalue weighted by Crippen LogP contribution is -2.40. The zero-order chi connectivity index (χ0) is 18.3. The molecule has 4 rings (SSSR count). The highest BCUT2D eigenvalue weighted by Crippen LogP contribution is 2.25. The molecular formula is C17H17N3O5S. The molecule has 1 aromatic carbocycles. The Morgan fingerprint density at radius 2 is 1.81 bits per heavy atom. The average molecular weight is 375 g/mol. The molecule has 3 aromatic rings. The van der Waals surface area contributed by atoms with Crippen molar-refractivity contribution in [2.75, 3.05) is 32.0 Å². The summed E-state index contributed by atoms with van der Waals surface area (Å²) in [6, 6.07) is 9.85. The van der Waals surface area contributed by atoms with Gasteiger partial charge >= 0.3 is 0 Å². The number of hydrogen-bond donors (Lipinski definition) is 1. The van der Waals surface area contributed by atoms with Crippen molar-refractivity contribution in [3.63, 3.8) is 0 Å². The van der Waals surface area contributed by atoms with Crippen LogP contribution in [0.2, 0.25) is 0 Å². The van der Waals surface area contributed by atoms with E-state index in [0.29, 0.717) is 24.4 Å². The zero-order valence-electron chi connectivity index (χ0n) is 13.8. The van der Waals surface area contributed by atoms with E-state index in [1.807, 2.05) is 12.1 Å². The van der Waals surface area contributed by atoms with Gasteiger partial charge in [0.05, 0.1) is 24.4 Å². The Bertz CT molecular complexity index is 1080. The van der Waals surface area contributed by atoms with Gasteiger partial charge in [-0.3, -0.25) is 9.36 Å². The molecule has 1 aliphatic rings. The van der Waals surface area contributed by atoms with E-state index in [0.717, 1.165) is 5.39 Å². The number of nitrogen functional groups attached to an aromatic ring is 1. The Kier molecular flexibility index (Phi) is 4.06. The summed E-state index contributed by atoms with van der Waals surface area (Å²) in [5.74, 6) is -0.557. The third-order valence-corrected chi connectivity index (χ3v) is 6.09. The Balaban J connectivity index is 1.68. The number of anilines is 1. The lowest BCUT2D eigenvalue weighted by molar-refractivity contribution is 0.0722. The molecule has 2 aromatic heterocycles. The molecule has 0 aliphatic carbocycles. The molecule has 2 N–H and O–H groups in total. The number of fused-ring (bicyclic) bond motifs is 1. The molecule has 136 valence electrons. The topological polar surface area (TPSA) is 108 Å². The number of rotatable bonds is 3. The first-order chi connectivity index (χ1) is 12.5. The van der Waals surface area contributed by atoms with Crippen molar-refractivity contribution in [2.24, 2.45) is 0 Å². The van der Waals surface area contributed by atoms with Gasteiger partial charge in [-0.15, -0.1) is 0 Å². The molecule has 1 fully saturated rings. The second-order valence-electron chi connectivity index (χ2n) is 5.91. The summed E-state index contributed by atoms with van der Waals surface area (Å²) in [4.78, 5) is 12.8. The lowest BCUT2D eigenvalue weighted by Gasteiger charge is -2.24. The summed E-state index contributed by atoms with van der Waals surface area (Å²) in [5.41, 5.74) is 7.04. The molecule has 1 saturated heterocycles. The Labute approximate surface area is 149 Å². The van der Waals surface area contributed by atoms with Gasteiger partial charge in [0.1, 0.15) is 0 Å². The monoisotopic (exact) mass is 375 g/mol. The highest BCUT2D eigenvalue weighted by Gasteiger charge is 2.30. The van der Waals surface area contributed by atoms with Crippen molar-refractivity contribution in [2.45, 2.75) is 5.09 Å². The molecule has 0 radical (unpaired) electrons. The summed E-state index contributed by atoms with van der Waals surface area (Å²) < 4.78 is 38.4. The van der Waals surface area contributed by atoms with Crippen molar-refractivity contribution in [1.82, 2.24) is 8.87 Å². The molecule has 0 spiro atoms. The minimum absolute atomic E-state index is 0.0717. The van der Waals surface area contributed by atoms with Crippen molar-refractivity contribution >= 4 is 32.5 Å². The maximum absolute atomic E-state index is 12.8. The second kappa shape index (κ2) is 6.27. The van der Waals surface area contributed by atoms with Gasteiger partial charge in [-0.2, -0.15) is 4.31 Å². The number of furan rings is 1. The van der Waals surface area contributed by atoms with Gasteiger partial charge in [0, 0.05) is 24.7 Å². The first-order valence-electron chi connectivity index (χ1n) is 8.06. The lowest BCUT2D eigenvalue weighted by atomic mass is 10.2. The fraction of sp³-hybridized carbons (Fsp3) is 0.235. The Morgan fingerprint density at radius 1 is 1.08 bits per heavy atom. The number of aromatic nitrogens is 1. The smallest absolute Gasteiger partial charge is 0.298 e. The number of ether oxygens (including phenoxy) is 1. The minimum atomic E-state index is -3.79. The van der Waals surface area contributed by atoms with Crippen LogP contribution in [0.4, 0.5) is 5.69 Å². The Morgan fingerprint density at radius 3 is 2.58 bits per heavy atom. The van der Waals surface area contributed by atoms with Crippen LogP contribution in [0, 0.1) is 0 Å². The van der Waals surface area contributed by atoms with Gasteiger partial charge in [0.15, 0.2) is 5.76 Å². The number of benzene rings is 1. The molecule has 1 aliphatic heterocycles. The van der Waals surface area contributed by atoms with E-state index in [1.165, 1.54) is 27.2 Å². The normalized spacial score (nSPS) is 16.2. The highest BCUT2D eigenvalue weighted by atomic mass is 32.2. The van der Waals surface area contributed by atoms with E-state index in [2.05, 4.69) is 0 Å². The second-order valence-corrected chi connectivity index (χ2v) is 7.78. The molecule has 0 unspecified atom stereocenters. The number of nitrogens with two attached hydrogens (primary N) is 1. The number of hydrogen-bond acceptors (Lipinski definition) is 6. The summed E-state index contributed by atoms with van der Waals surface area (Å²) >= 11 is 0. The minimum Gasteiger partial charge on any atom is -0.438 e. The number of carbonyl (C=O) groups is 1. The third-order valence-electron chi connectivity index (χ3n) is 4.32. The van der Waals surface area contributed by atoms with Gasteiger partial charge in [-0.25, -0.2) is 8.42 Å². The summed E-state index contributed by atoms with van der Waals surface area (Å²) in [6.07, 6.45) is 1.51. The van der Waals surface area contributed by atoms with E-state index in [1.54, 1.807) is 12.1 Å². The van der Waals surface area contributed by atoms with E-state index in [-0.39, 0.29) is 23.9 Å². The standard InChI is InChI=1S/C17H17N3O5S/c18-13-11-20(14-4-2-1-3-12(13)14)17(21)15-5-6-16(25-15)26(22,23)19-7-9-24-10-8-19/h1-6,11H,7-10,18H2. The van der Waals surface area contributed by atoms with Crippen molar-refractivity contribution in [1.29, 1.82) is 0 Å². The summed E-state index contributed by atoms with van der Waals surface area (Å²) in [7, 11) is -3.79. The van der Waals surface area contributed by atoms with Gasteiger partial charge in [0.2, 0.25) is 5.09 Å². The summed E-state index contributed by atoms with van der Waals surface area (Å²) in [6.45, 7) is 1.18. The number of para-hydroxylation sites is 1. The largest absolute Gasteiger partial charge is 0.438 e. The first kappa shape index (κ1) is 16.8. The zero-order valence-corrected chi connectivity index (χ0v) is 14.6. The molecular weight excluding hydrogens is 358 g/mol. The van der Waals surface area contributed by atoms with Crippen LogP contribution in [-0.2, 0) is 14.8 Å².